The molecule has 86 valence electrons. The molecule has 3 heteroatoms. The van der Waals surface area contributed by atoms with E-state index in [9.17, 15) is 4.79 Å². The van der Waals surface area contributed by atoms with E-state index < -0.39 is 5.97 Å². The number of rotatable bonds is 2. The molecule has 0 saturated heterocycles. The molecule has 1 aliphatic carbocycles. The van der Waals surface area contributed by atoms with Crippen LogP contribution in [0.25, 0.3) is 0 Å². The SMILES string of the molecule is CC1CCc2c(Cl)cccc2C1CC(=O)O. The first-order chi connectivity index (χ1) is 7.59. The molecule has 2 atom stereocenters. The van der Waals surface area contributed by atoms with Crippen LogP contribution in [-0.2, 0) is 11.2 Å². The lowest BCUT2D eigenvalue weighted by atomic mass is 9.74. The highest BCUT2D eigenvalue weighted by atomic mass is 35.5. The molecular weight excluding hydrogens is 224 g/mol. The number of benzene rings is 1. The van der Waals surface area contributed by atoms with Crippen molar-refractivity contribution < 1.29 is 9.90 Å². The Balaban J connectivity index is 2.40. The molecule has 1 aromatic rings. The van der Waals surface area contributed by atoms with Crippen LogP contribution in [0.4, 0.5) is 0 Å². The molecule has 2 nitrogen and oxygen atoms in total. The molecule has 0 aliphatic heterocycles. The zero-order valence-corrected chi connectivity index (χ0v) is 10.00. The van der Waals surface area contributed by atoms with Crippen LogP contribution in [0.15, 0.2) is 18.2 Å². The molecule has 1 aromatic carbocycles. The lowest BCUT2D eigenvalue weighted by Crippen LogP contribution is -2.21. The van der Waals surface area contributed by atoms with Gasteiger partial charge in [-0.3, -0.25) is 4.79 Å². The lowest BCUT2D eigenvalue weighted by Gasteiger charge is -2.31. The molecule has 0 spiro atoms. The van der Waals surface area contributed by atoms with Gasteiger partial charge >= 0.3 is 5.97 Å². The summed E-state index contributed by atoms with van der Waals surface area (Å²) in [6, 6.07) is 5.81. The van der Waals surface area contributed by atoms with Gasteiger partial charge in [0.2, 0.25) is 0 Å². The van der Waals surface area contributed by atoms with Gasteiger partial charge in [-0.1, -0.05) is 30.7 Å². The molecule has 16 heavy (non-hydrogen) atoms. The predicted octanol–water partition coefficient (Wildman–Crippen LogP) is 3.48. The van der Waals surface area contributed by atoms with Gasteiger partial charge in [-0.25, -0.2) is 0 Å². The Kier molecular flexibility index (Phi) is 3.20. The molecule has 0 bridgehead atoms. The smallest absolute Gasteiger partial charge is 0.303 e. The fourth-order valence-corrected chi connectivity index (χ4v) is 2.84. The average molecular weight is 239 g/mol. The third kappa shape index (κ3) is 2.07. The minimum atomic E-state index is -0.732. The highest BCUT2D eigenvalue weighted by molar-refractivity contribution is 6.31. The molecule has 1 aliphatic rings. The maximum atomic E-state index is 10.9. The van der Waals surface area contributed by atoms with Crippen LogP contribution >= 0.6 is 11.6 Å². The van der Waals surface area contributed by atoms with Crippen LogP contribution in [0, 0.1) is 5.92 Å². The summed E-state index contributed by atoms with van der Waals surface area (Å²) in [5.41, 5.74) is 2.28. The van der Waals surface area contributed by atoms with Gasteiger partial charge in [0.25, 0.3) is 0 Å². The largest absolute Gasteiger partial charge is 0.481 e. The molecule has 0 aromatic heterocycles. The first-order valence-electron chi connectivity index (χ1n) is 5.58. The Labute approximate surface area is 100 Å². The molecule has 1 N–H and O–H groups in total. The summed E-state index contributed by atoms with van der Waals surface area (Å²) in [6.45, 7) is 2.12. The number of aliphatic carboxylic acids is 1. The quantitative estimate of drug-likeness (QED) is 0.857. The van der Waals surface area contributed by atoms with Crippen molar-refractivity contribution in [1.29, 1.82) is 0 Å². The van der Waals surface area contributed by atoms with E-state index in [4.69, 9.17) is 16.7 Å². The lowest BCUT2D eigenvalue weighted by molar-refractivity contribution is -0.137. The van der Waals surface area contributed by atoms with E-state index in [1.165, 1.54) is 0 Å². The summed E-state index contributed by atoms with van der Waals surface area (Å²) in [5, 5.41) is 9.72. The Bertz CT molecular complexity index is 414. The van der Waals surface area contributed by atoms with Crippen LogP contribution in [0.2, 0.25) is 5.02 Å². The van der Waals surface area contributed by atoms with E-state index in [0.717, 1.165) is 29.0 Å². The first-order valence-corrected chi connectivity index (χ1v) is 5.96. The summed E-state index contributed by atoms with van der Waals surface area (Å²) < 4.78 is 0. The second kappa shape index (κ2) is 4.46. The Morgan fingerprint density at radius 3 is 3.00 bits per heavy atom. The van der Waals surface area contributed by atoms with E-state index in [1.807, 2.05) is 18.2 Å². The van der Waals surface area contributed by atoms with Crippen molar-refractivity contribution in [2.24, 2.45) is 5.92 Å². The van der Waals surface area contributed by atoms with E-state index in [2.05, 4.69) is 6.92 Å². The molecule has 0 saturated carbocycles. The molecule has 0 fully saturated rings. The summed E-state index contributed by atoms with van der Waals surface area (Å²) >= 11 is 6.14. The average Bonchev–Trinajstić information content (AvgIpc) is 2.22. The molecule has 0 radical (unpaired) electrons. The number of carbonyl (C=O) groups is 1. The van der Waals surface area contributed by atoms with Crippen molar-refractivity contribution in [1.82, 2.24) is 0 Å². The second-order valence-corrected chi connectivity index (χ2v) is 4.94. The highest BCUT2D eigenvalue weighted by Gasteiger charge is 2.29. The number of carboxylic acid groups (broad SMARTS) is 1. The van der Waals surface area contributed by atoms with Crippen LogP contribution in [-0.4, -0.2) is 11.1 Å². The van der Waals surface area contributed by atoms with Crippen molar-refractivity contribution in [2.45, 2.75) is 32.1 Å². The predicted molar refractivity (Wildman–Crippen MR) is 63.9 cm³/mol. The molecule has 2 unspecified atom stereocenters. The van der Waals surface area contributed by atoms with Crippen LogP contribution in [0.5, 0.6) is 0 Å². The topological polar surface area (TPSA) is 37.3 Å². The summed E-state index contributed by atoms with van der Waals surface area (Å²) in [6.07, 6.45) is 2.19. The number of fused-ring (bicyclic) bond motifs is 1. The van der Waals surface area contributed by atoms with E-state index in [1.54, 1.807) is 0 Å². The van der Waals surface area contributed by atoms with Crippen LogP contribution in [0.3, 0.4) is 0 Å². The molecule has 0 amide bonds. The summed E-state index contributed by atoms with van der Waals surface area (Å²) in [5.74, 6) is -0.202. The number of hydrogen-bond donors (Lipinski definition) is 1. The Morgan fingerprint density at radius 1 is 1.56 bits per heavy atom. The second-order valence-electron chi connectivity index (χ2n) is 4.53. The van der Waals surface area contributed by atoms with Crippen LogP contribution < -0.4 is 0 Å². The van der Waals surface area contributed by atoms with E-state index in [-0.39, 0.29) is 12.3 Å². The number of hydrogen-bond acceptors (Lipinski definition) is 1. The summed E-state index contributed by atoms with van der Waals surface area (Å²) in [7, 11) is 0. The zero-order chi connectivity index (χ0) is 11.7. The zero-order valence-electron chi connectivity index (χ0n) is 9.24. The minimum absolute atomic E-state index is 0.111. The number of halogens is 1. The van der Waals surface area contributed by atoms with Crippen LogP contribution in [0.1, 0.15) is 36.8 Å². The molecular formula is C13H15ClO2. The van der Waals surface area contributed by atoms with Crippen molar-refractivity contribution in [3.8, 4) is 0 Å². The van der Waals surface area contributed by atoms with Gasteiger partial charge in [-0.05, 0) is 41.9 Å². The maximum absolute atomic E-state index is 10.9. The van der Waals surface area contributed by atoms with Gasteiger partial charge in [0.05, 0.1) is 6.42 Å². The third-order valence-electron chi connectivity index (χ3n) is 3.49. The first kappa shape index (κ1) is 11.5. The van der Waals surface area contributed by atoms with E-state index >= 15 is 0 Å². The Hall–Kier alpha value is -1.02. The van der Waals surface area contributed by atoms with Gasteiger partial charge in [-0.2, -0.15) is 0 Å². The minimum Gasteiger partial charge on any atom is -0.481 e. The van der Waals surface area contributed by atoms with Crippen molar-refractivity contribution >= 4 is 17.6 Å². The van der Waals surface area contributed by atoms with Gasteiger partial charge in [0.1, 0.15) is 0 Å². The maximum Gasteiger partial charge on any atom is 0.303 e. The van der Waals surface area contributed by atoms with Gasteiger partial charge < -0.3 is 5.11 Å². The molecule has 0 heterocycles. The molecule has 2 rings (SSSR count). The van der Waals surface area contributed by atoms with Gasteiger partial charge in [-0.15, -0.1) is 0 Å². The van der Waals surface area contributed by atoms with Gasteiger partial charge in [0.15, 0.2) is 0 Å². The monoisotopic (exact) mass is 238 g/mol. The van der Waals surface area contributed by atoms with Crippen molar-refractivity contribution in [2.75, 3.05) is 0 Å². The van der Waals surface area contributed by atoms with E-state index in [0.29, 0.717) is 5.92 Å². The fraction of sp³-hybridized carbons (Fsp3) is 0.462. The van der Waals surface area contributed by atoms with Crippen molar-refractivity contribution in [3.05, 3.63) is 34.3 Å². The van der Waals surface area contributed by atoms with Crippen molar-refractivity contribution in [3.63, 3.8) is 0 Å². The van der Waals surface area contributed by atoms with Gasteiger partial charge in [0, 0.05) is 5.02 Å². The summed E-state index contributed by atoms with van der Waals surface area (Å²) in [4.78, 5) is 10.9. The Morgan fingerprint density at radius 2 is 2.31 bits per heavy atom. The highest BCUT2D eigenvalue weighted by Crippen LogP contribution is 2.40. The normalized spacial score (nSPS) is 23.9. The fourth-order valence-electron chi connectivity index (χ4n) is 2.57. The standard InChI is InChI=1S/C13H15ClO2/c1-8-5-6-10-9(3-2-4-12(10)14)11(8)7-13(15)16/h2-4,8,11H,5-7H2,1H3,(H,15,16). The number of carboxylic acids is 1. The third-order valence-corrected chi connectivity index (χ3v) is 3.84.